The van der Waals surface area contributed by atoms with Crippen LogP contribution in [-0.4, -0.2) is 34.1 Å². The van der Waals surface area contributed by atoms with E-state index in [1.807, 2.05) is 35.5 Å². The van der Waals surface area contributed by atoms with Gasteiger partial charge in [-0.05, 0) is 6.07 Å². The van der Waals surface area contributed by atoms with Gasteiger partial charge in [0.15, 0.2) is 5.65 Å². The summed E-state index contributed by atoms with van der Waals surface area (Å²) < 4.78 is 3.77. The second-order valence-corrected chi connectivity index (χ2v) is 4.51. The summed E-state index contributed by atoms with van der Waals surface area (Å²) in [6.07, 6.45) is 8.32. The summed E-state index contributed by atoms with van der Waals surface area (Å²) in [6, 6.07) is 1.91. The summed E-state index contributed by atoms with van der Waals surface area (Å²) in [5.41, 5.74) is 8.19. The molecule has 0 fully saturated rings. The highest BCUT2D eigenvalue weighted by molar-refractivity contribution is 5.85. The number of aryl methyl sites for hydroxylation is 2. The van der Waals surface area contributed by atoms with Crippen molar-refractivity contribution < 1.29 is 0 Å². The molecule has 0 atom stereocenters. The summed E-state index contributed by atoms with van der Waals surface area (Å²) in [7, 11) is 3.83. The Hall–Kier alpha value is -3.03. The van der Waals surface area contributed by atoms with Crippen LogP contribution >= 0.6 is 0 Å². The molecular weight excluding hydrogens is 268 g/mol. The van der Waals surface area contributed by atoms with Gasteiger partial charge >= 0.3 is 0 Å². The van der Waals surface area contributed by atoms with Crippen molar-refractivity contribution in [2.75, 3.05) is 5.73 Å². The maximum atomic E-state index is 5.61. The Morgan fingerprint density at radius 1 is 0.952 bits per heavy atom. The minimum Gasteiger partial charge on any atom is -0.383 e. The first-order valence-electron chi connectivity index (χ1n) is 6.25. The summed E-state index contributed by atoms with van der Waals surface area (Å²) >= 11 is 0. The quantitative estimate of drug-likeness (QED) is 0.514. The average molecular weight is 282 g/mol. The molecule has 0 saturated heterocycles. The maximum Gasteiger partial charge on any atom is 0.162 e. The molecule has 4 heterocycles. The third-order valence-electron chi connectivity index (χ3n) is 3.07. The van der Waals surface area contributed by atoms with E-state index in [1.54, 1.807) is 12.5 Å². The number of hydrogen-bond acceptors (Lipinski definition) is 6. The number of imidazole rings is 1. The van der Waals surface area contributed by atoms with Crippen molar-refractivity contribution in [2.24, 2.45) is 14.1 Å². The van der Waals surface area contributed by atoms with Crippen molar-refractivity contribution in [3.63, 3.8) is 0 Å². The lowest BCUT2D eigenvalue weighted by Gasteiger charge is -1.94. The van der Waals surface area contributed by atoms with Crippen LogP contribution in [0, 0.1) is 0 Å². The highest BCUT2D eigenvalue weighted by Crippen LogP contribution is 2.15. The minimum atomic E-state index is 0.538. The second kappa shape index (κ2) is 5.16. The van der Waals surface area contributed by atoms with Gasteiger partial charge in [0.2, 0.25) is 0 Å². The van der Waals surface area contributed by atoms with E-state index < -0.39 is 0 Å². The maximum absolute atomic E-state index is 5.61. The fourth-order valence-corrected chi connectivity index (χ4v) is 1.98. The lowest BCUT2D eigenvalue weighted by Crippen LogP contribution is -1.93. The molecule has 0 amide bonds. The van der Waals surface area contributed by atoms with Crippen LogP contribution in [0.4, 0.5) is 5.82 Å². The average Bonchev–Trinajstić information content (AvgIpc) is 3.06. The SMILES string of the molecule is Cn1ccc2c(N)ncnc21.Cn1cnc2cncnc21. The molecule has 0 radical (unpaired) electrons. The van der Waals surface area contributed by atoms with Crippen LogP contribution in [0.2, 0.25) is 0 Å². The zero-order chi connectivity index (χ0) is 14.8. The topological polar surface area (TPSA) is 100 Å². The van der Waals surface area contributed by atoms with E-state index in [-0.39, 0.29) is 0 Å². The van der Waals surface area contributed by atoms with Crippen LogP contribution in [-0.2, 0) is 14.1 Å². The van der Waals surface area contributed by atoms with Crippen LogP contribution in [0.5, 0.6) is 0 Å². The van der Waals surface area contributed by atoms with Gasteiger partial charge in [-0.25, -0.2) is 24.9 Å². The standard InChI is InChI=1S/C7H8N4.C6H6N4/c1-11-3-2-5-6(8)9-4-10-7(5)11;1-10-4-9-5-2-7-3-8-6(5)10/h2-4H,1H3,(H2,8,9,10);2-4H,1H3. The van der Waals surface area contributed by atoms with Gasteiger partial charge in [-0.3, -0.25) is 0 Å². The van der Waals surface area contributed by atoms with Crippen molar-refractivity contribution in [3.05, 3.63) is 37.4 Å². The molecule has 0 aromatic carbocycles. The van der Waals surface area contributed by atoms with Gasteiger partial charge in [0, 0.05) is 20.3 Å². The number of nitrogen functional groups attached to an aromatic ring is 1. The molecule has 4 aromatic rings. The van der Waals surface area contributed by atoms with E-state index >= 15 is 0 Å². The Labute approximate surface area is 120 Å². The number of rotatable bonds is 0. The van der Waals surface area contributed by atoms with Gasteiger partial charge in [0.1, 0.15) is 29.6 Å². The van der Waals surface area contributed by atoms with E-state index in [9.17, 15) is 0 Å². The summed E-state index contributed by atoms with van der Waals surface area (Å²) in [5, 5.41) is 0.912. The highest BCUT2D eigenvalue weighted by Gasteiger charge is 2.01. The lowest BCUT2D eigenvalue weighted by atomic mass is 10.4. The third-order valence-corrected chi connectivity index (χ3v) is 3.07. The molecular formula is C13H14N8. The van der Waals surface area contributed by atoms with Gasteiger partial charge in [-0.15, -0.1) is 0 Å². The molecule has 21 heavy (non-hydrogen) atoms. The second-order valence-electron chi connectivity index (χ2n) is 4.51. The molecule has 4 aromatic heterocycles. The molecule has 0 spiro atoms. The van der Waals surface area contributed by atoms with Crippen molar-refractivity contribution in [2.45, 2.75) is 0 Å². The summed E-state index contributed by atoms with van der Waals surface area (Å²) in [4.78, 5) is 19.9. The molecule has 8 heteroatoms. The molecule has 8 nitrogen and oxygen atoms in total. The molecule has 4 rings (SSSR count). The Morgan fingerprint density at radius 2 is 1.76 bits per heavy atom. The monoisotopic (exact) mass is 282 g/mol. The van der Waals surface area contributed by atoms with Crippen LogP contribution in [0.25, 0.3) is 22.2 Å². The van der Waals surface area contributed by atoms with Gasteiger partial charge in [-0.2, -0.15) is 0 Å². The summed E-state index contributed by atoms with van der Waals surface area (Å²) in [5.74, 6) is 0.538. The van der Waals surface area contributed by atoms with E-state index in [2.05, 4.69) is 24.9 Å². The molecule has 106 valence electrons. The lowest BCUT2D eigenvalue weighted by molar-refractivity contribution is 0.928. The first kappa shape index (κ1) is 13.0. The number of nitrogens with zero attached hydrogens (tertiary/aromatic N) is 7. The number of hydrogen-bond donors (Lipinski definition) is 1. The predicted molar refractivity (Wildman–Crippen MR) is 79.2 cm³/mol. The fraction of sp³-hybridized carbons (Fsp3) is 0.154. The molecule has 0 aliphatic heterocycles. The first-order chi connectivity index (χ1) is 10.2. The van der Waals surface area contributed by atoms with Crippen molar-refractivity contribution in [1.82, 2.24) is 34.1 Å². The van der Waals surface area contributed by atoms with E-state index in [0.29, 0.717) is 5.82 Å². The molecule has 0 unspecified atom stereocenters. The number of nitrogens with two attached hydrogens (primary N) is 1. The third kappa shape index (κ3) is 2.38. The first-order valence-corrected chi connectivity index (χ1v) is 6.25. The van der Waals surface area contributed by atoms with Crippen molar-refractivity contribution in [1.29, 1.82) is 0 Å². The molecule has 0 aliphatic carbocycles. The zero-order valence-electron chi connectivity index (χ0n) is 11.7. The Kier molecular flexibility index (Phi) is 3.19. The van der Waals surface area contributed by atoms with Crippen molar-refractivity contribution in [3.8, 4) is 0 Å². The Balaban J connectivity index is 0.000000126. The smallest absolute Gasteiger partial charge is 0.162 e. The van der Waals surface area contributed by atoms with E-state index in [0.717, 1.165) is 22.2 Å². The Bertz CT molecular complexity index is 891. The molecule has 2 N–H and O–H groups in total. The van der Waals surface area contributed by atoms with Crippen LogP contribution in [0.3, 0.4) is 0 Å². The van der Waals surface area contributed by atoms with Crippen LogP contribution in [0.1, 0.15) is 0 Å². The van der Waals surface area contributed by atoms with Crippen LogP contribution < -0.4 is 5.73 Å². The van der Waals surface area contributed by atoms with Gasteiger partial charge in [0.05, 0.1) is 17.9 Å². The van der Waals surface area contributed by atoms with E-state index in [4.69, 9.17) is 5.73 Å². The van der Waals surface area contributed by atoms with Crippen molar-refractivity contribution >= 4 is 28.0 Å². The van der Waals surface area contributed by atoms with E-state index in [1.165, 1.54) is 12.7 Å². The number of fused-ring (bicyclic) bond motifs is 2. The molecule has 0 bridgehead atoms. The fourth-order valence-electron chi connectivity index (χ4n) is 1.98. The van der Waals surface area contributed by atoms with Gasteiger partial charge in [0.25, 0.3) is 0 Å². The molecule has 0 saturated carbocycles. The number of anilines is 1. The minimum absolute atomic E-state index is 0.538. The largest absolute Gasteiger partial charge is 0.383 e. The van der Waals surface area contributed by atoms with Gasteiger partial charge < -0.3 is 14.9 Å². The van der Waals surface area contributed by atoms with Gasteiger partial charge in [-0.1, -0.05) is 0 Å². The highest BCUT2D eigenvalue weighted by atomic mass is 15.1. The normalized spacial score (nSPS) is 10.6. The zero-order valence-corrected chi connectivity index (χ0v) is 11.7. The number of aromatic nitrogens is 7. The Morgan fingerprint density at radius 3 is 2.52 bits per heavy atom. The molecule has 0 aliphatic rings. The summed E-state index contributed by atoms with van der Waals surface area (Å²) in [6.45, 7) is 0. The van der Waals surface area contributed by atoms with Crippen LogP contribution in [0.15, 0.2) is 37.4 Å². The predicted octanol–water partition coefficient (Wildman–Crippen LogP) is 0.914.